The van der Waals surface area contributed by atoms with Crippen molar-refractivity contribution in [1.82, 2.24) is 10.2 Å². The Hall–Kier alpha value is -1.59. The van der Waals surface area contributed by atoms with E-state index in [1.165, 1.54) is 5.56 Å². The van der Waals surface area contributed by atoms with Gasteiger partial charge < -0.3 is 15.2 Å². The van der Waals surface area contributed by atoms with E-state index in [2.05, 4.69) is 10.2 Å². The Balaban J connectivity index is 1.99. The second-order valence-electron chi connectivity index (χ2n) is 5.55. The first kappa shape index (κ1) is 15.8. The molecule has 1 aromatic carbocycles. The number of carbonyl (C=O) groups is 1. The minimum absolute atomic E-state index is 0.00169. The molecular formula is C16H24N2O3. The summed E-state index contributed by atoms with van der Waals surface area (Å²) < 4.78 is 4.92. The molecule has 1 unspecified atom stereocenters. The lowest BCUT2D eigenvalue weighted by Gasteiger charge is -2.33. The molecule has 1 amide bonds. The number of benzene rings is 1. The van der Waals surface area contributed by atoms with Gasteiger partial charge in [0.1, 0.15) is 5.75 Å². The van der Waals surface area contributed by atoms with Crippen LogP contribution in [0.2, 0.25) is 0 Å². The van der Waals surface area contributed by atoms with Crippen molar-refractivity contribution in [2.45, 2.75) is 25.3 Å². The smallest absolute Gasteiger partial charge is 0.234 e. The largest absolute Gasteiger partial charge is 0.508 e. The van der Waals surface area contributed by atoms with E-state index < -0.39 is 0 Å². The summed E-state index contributed by atoms with van der Waals surface area (Å²) in [6.07, 6.45) is 3.16. The number of methoxy groups -OCH3 is 1. The number of hydrogen-bond acceptors (Lipinski definition) is 4. The highest BCUT2D eigenvalue weighted by atomic mass is 16.5. The number of likely N-dealkylation sites (N-methyl/N-ethyl adjacent to an activating group) is 1. The van der Waals surface area contributed by atoms with Gasteiger partial charge in [0, 0.05) is 19.7 Å². The zero-order chi connectivity index (χ0) is 15.2. The summed E-state index contributed by atoms with van der Waals surface area (Å²) in [5.74, 6) is 0.292. The Morgan fingerprint density at radius 2 is 2.33 bits per heavy atom. The number of hydrogen-bond donors (Lipinski definition) is 2. The third-order valence-corrected chi connectivity index (χ3v) is 3.97. The van der Waals surface area contributed by atoms with Crippen molar-refractivity contribution in [3.63, 3.8) is 0 Å². The highest BCUT2D eigenvalue weighted by Crippen LogP contribution is 2.35. The molecule has 0 spiro atoms. The molecule has 0 heterocycles. The van der Waals surface area contributed by atoms with Crippen LogP contribution < -0.4 is 5.32 Å². The number of aromatic hydroxyl groups is 1. The summed E-state index contributed by atoms with van der Waals surface area (Å²) in [4.78, 5) is 13.9. The zero-order valence-corrected chi connectivity index (χ0v) is 12.8. The van der Waals surface area contributed by atoms with E-state index >= 15 is 0 Å². The molecule has 2 N–H and O–H groups in total. The zero-order valence-electron chi connectivity index (χ0n) is 12.8. The van der Waals surface area contributed by atoms with Gasteiger partial charge in [0.15, 0.2) is 0 Å². The quantitative estimate of drug-likeness (QED) is 0.779. The molecule has 1 aliphatic carbocycles. The lowest BCUT2D eigenvalue weighted by molar-refractivity contribution is -0.122. The van der Waals surface area contributed by atoms with E-state index in [0.717, 1.165) is 24.8 Å². The summed E-state index contributed by atoms with van der Waals surface area (Å²) >= 11 is 0. The Bertz CT molecular complexity index is 490. The molecule has 0 radical (unpaired) electrons. The van der Waals surface area contributed by atoms with Gasteiger partial charge in [0.05, 0.1) is 13.2 Å². The maximum atomic E-state index is 11.9. The van der Waals surface area contributed by atoms with Gasteiger partial charge in [-0.25, -0.2) is 0 Å². The molecule has 2 rings (SSSR count). The molecule has 1 atom stereocenters. The molecule has 21 heavy (non-hydrogen) atoms. The summed E-state index contributed by atoms with van der Waals surface area (Å²) in [6, 6.07) is 5.74. The van der Waals surface area contributed by atoms with E-state index in [1.807, 2.05) is 19.2 Å². The van der Waals surface area contributed by atoms with Gasteiger partial charge in [-0.15, -0.1) is 0 Å². The minimum Gasteiger partial charge on any atom is -0.508 e. The van der Waals surface area contributed by atoms with Gasteiger partial charge in [-0.05, 0) is 49.6 Å². The highest BCUT2D eigenvalue weighted by molar-refractivity contribution is 5.78. The number of phenols is 1. The fourth-order valence-electron chi connectivity index (χ4n) is 2.90. The number of amides is 1. The molecule has 116 valence electrons. The van der Waals surface area contributed by atoms with Gasteiger partial charge in [0.25, 0.3) is 0 Å². The third-order valence-electron chi connectivity index (χ3n) is 3.97. The SMILES string of the molecule is COCCNC(=O)CN(C)C1CCCc2ccc(O)cc21. The molecule has 5 heteroatoms. The first-order valence-electron chi connectivity index (χ1n) is 7.39. The van der Waals surface area contributed by atoms with Crippen molar-refractivity contribution in [1.29, 1.82) is 0 Å². The lowest BCUT2D eigenvalue weighted by atomic mass is 9.87. The van der Waals surface area contributed by atoms with Gasteiger partial charge >= 0.3 is 0 Å². The average Bonchev–Trinajstić information content (AvgIpc) is 2.46. The van der Waals surface area contributed by atoms with Gasteiger partial charge in [-0.3, -0.25) is 9.69 Å². The van der Waals surface area contributed by atoms with Crippen molar-refractivity contribution in [2.75, 3.05) is 33.9 Å². The summed E-state index contributed by atoms with van der Waals surface area (Å²) in [5.41, 5.74) is 2.42. The van der Waals surface area contributed by atoms with Crippen molar-refractivity contribution in [3.8, 4) is 5.75 Å². The molecule has 1 aromatic rings. The molecule has 0 aromatic heterocycles. The predicted molar refractivity (Wildman–Crippen MR) is 81.3 cm³/mol. The normalized spacial score (nSPS) is 17.6. The Labute approximate surface area is 125 Å². The summed E-state index contributed by atoms with van der Waals surface area (Å²) in [5, 5.41) is 12.5. The van der Waals surface area contributed by atoms with Crippen molar-refractivity contribution in [2.24, 2.45) is 0 Å². The van der Waals surface area contributed by atoms with Crippen LogP contribution in [0.3, 0.4) is 0 Å². The van der Waals surface area contributed by atoms with Crippen LogP contribution in [0.25, 0.3) is 0 Å². The molecular weight excluding hydrogens is 268 g/mol. The maximum Gasteiger partial charge on any atom is 0.234 e. The fourth-order valence-corrected chi connectivity index (χ4v) is 2.90. The van der Waals surface area contributed by atoms with Gasteiger partial charge in [-0.1, -0.05) is 6.07 Å². The molecule has 0 bridgehead atoms. The molecule has 0 saturated carbocycles. The standard InChI is InChI=1S/C16H24N2O3/c1-18(11-16(20)17-8-9-21-2)15-5-3-4-12-6-7-13(19)10-14(12)15/h6-7,10,15,19H,3-5,8-9,11H2,1-2H3,(H,17,20). The average molecular weight is 292 g/mol. The van der Waals surface area contributed by atoms with E-state index in [4.69, 9.17) is 4.74 Å². The van der Waals surface area contributed by atoms with Gasteiger partial charge in [-0.2, -0.15) is 0 Å². The van der Waals surface area contributed by atoms with Crippen molar-refractivity contribution >= 4 is 5.91 Å². The molecule has 0 saturated heterocycles. The van der Waals surface area contributed by atoms with Crippen LogP contribution in [0.1, 0.15) is 30.0 Å². The van der Waals surface area contributed by atoms with E-state index in [0.29, 0.717) is 25.4 Å². The van der Waals surface area contributed by atoms with Crippen LogP contribution in [-0.2, 0) is 16.0 Å². The maximum absolute atomic E-state index is 11.9. The topological polar surface area (TPSA) is 61.8 Å². The predicted octanol–water partition coefficient (Wildman–Crippen LogP) is 1.46. The van der Waals surface area contributed by atoms with Gasteiger partial charge in [0.2, 0.25) is 5.91 Å². The number of nitrogens with zero attached hydrogens (tertiary/aromatic N) is 1. The van der Waals surface area contributed by atoms with Crippen molar-refractivity contribution in [3.05, 3.63) is 29.3 Å². The summed E-state index contributed by atoms with van der Waals surface area (Å²) in [6.45, 7) is 1.41. The highest BCUT2D eigenvalue weighted by Gasteiger charge is 2.25. The Morgan fingerprint density at radius 1 is 1.52 bits per heavy atom. The number of fused-ring (bicyclic) bond motifs is 1. The Kier molecular flexibility index (Phi) is 5.59. The van der Waals surface area contributed by atoms with Crippen LogP contribution in [-0.4, -0.2) is 49.8 Å². The van der Waals surface area contributed by atoms with E-state index in [1.54, 1.807) is 13.2 Å². The lowest BCUT2D eigenvalue weighted by Crippen LogP contribution is -2.39. The number of aryl methyl sites for hydroxylation is 1. The van der Waals surface area contributed by atoms with Crippen LogP contribution in [0, 0.1) is 0 Å². The second kappa shape index (κ2) is 7.43. The molecule has 0 aliphatic heterocycles. The monoisotopic (exact) mass is 292 g/mol. The number of ether oxygens (including phenoxy) is 1. The van der Waals surface area contributed by atoms with E-state index in [-0.39, 0.29) is 11.9 Å². The van der Waals surface area contributed by atoms with Crippen LogP contribution in [0.4, 0.5) is 0 Å². The molecule has 0 fully saturated rings. The number of nitrogens with one attached hydrogen (secondary N) is 1. The number of carbonyl (C=O) groups excluding carboxylic acids is 1. The summed E-state index contributed by atoms with van der Waals surface area (Å²) in [7, 11) is 3.57. The minimum atomic E-state index is 0.00169. The second-order valence-corrected chi connectivity index (χ2v) is 5.55. The molecule has 5 nitrogen and oxygen atoms in total. The van der Waals surface area contributed by atoms with Crippen LogP contribution in [0.15, 0.2) is 18.2 Å². The fraction of sp³-hybridized carbons (Fsp3) is 0.562. The number of rotatable bonds is 6. The number of phenolic OH excluding ortho intramolecular Hbond substituents is 1. The van der Waals surface area contributed by atoms with E-state index in [9.17, 15) is 9.90 Å². The van der Waals surface area contributed by atoms with Crippen LogP contribution >= 0.6 is 0 Å². The van der Waals surface area contributed by atoms with Crippen LogP contribution in [0.5, 0.6) is 5.75 Å². The Morgan fingerprint density at radius 3 is 3.10 bits per heavy atom. The third kappa shape index (κ3) is 4.19. The first-order valence-corrected chi connectivity index (χ1v) is 7.39. The molecule has 1 aliphatic rings. The first-order chi connectivity index (χ1) is 10.1. The van der Waals surface area contributed by atoms with Crippen molar-refractivity contribution < 1.29 is 14.6 Å².